The van der Waals surface area contributed by atoms with E-state index in [0.717, 1.165) is 12.4 Å². The van der Waals surface area contributed by atoms with Gasteiger partial charge in [0, 0.05) is 30.8 Å². The molecule has 2 heterocycles. The Kier molecular flexibility index (Phi) is 5.26. The minimum Gasteiger partial charge on any atom is -0.356 e. The monoisotopic (exact) mass is 375 g/mol. The number of nitrogens with one attached hydrogen (secondary N) is 1. The lowest BCUT2D eigenvalue weighted by atomic mass is 10.0. The van der Waals surface area contributed by atoms with Gasteiger partial charge in [0.05, 0.1) is 11.6 Å². The highest BCUT2D eigenvalue weighted by Gasteiger charge is 2.33. The lowest BCUT2D eigenvalue weighted by Crippen LogP contribution is -2.45. The molecule has 1 aliphatic rings. The number of carbonyl (C=O) groups is 1. The number of nitriles is 1. The van der Waals surface area contributed by atoms with Gasteiger partial charge in [0.25, 0.3) is 5.91 Å². The SMILES string of the molecule is N#Cc1cccc(C(=O)NC2CCN(c3cc(C(F)(F)F)ncn3)CC2)c1. The Labute approximate surface area is 153 Å². The van der Waals surface area contributed by atoms with Crippen molar-refractivity contribution in [3.8, 4) is 6.07 Å². The second-order valence-electron chi connectivity index (χ2n) is 6.19. The van der Waals surface area contributed by atoms with Crippen molar-refractivity contribution in [2.75, 3.05) is 18.0 Å². The predicted octanol–water partition coefficient (Wildman–Crippen LogP) is 2.77. The van der Waals surface area contributed by atoms with Crippen molar-refractivity contribution in [2.24, 2.45) is 0 Å². The number of aromatic nitrogens is 2. The van der Waals surface area contributed by atoms with Gasteiger partial charge in [-0.2, -0.15) is 18.4 Å². The van der Waals surface area contributed by atoms with Crippen LogP contribution in [0.1, 0.15) is 34.5 Å². The summed E-state index contributed by atoms with van der Waals surface area (Å²) in [6, 6.07) is 9.24. The first-order valence-electron chi connectivity index (χ1n) is 8.32. The lowest BCUT2D eigenvalue weighted by molar-refractivity contribution is -0.141. The molecule has 0 unspecified atom stereocenters. The topological polar surface area (TPSA) is 81.9 Å². The third-order valence-corrected chi connectivity index (χ3v) is 4.35. The Bertz CT molecular complexity index is 870. The van der Waals surface area contributed by atoms with E-state index in [0.29, 0.717) is 37.1 Å². The summed E-state index contributed by atoms with van der Waals surface area (Å²) in [5.41, 5.74) is -0.163. The average molecular weight is 375 g/mol. The van der Waals surface area contributed by atoms with E-state index in [1.54, 1.807) is 23.1 Å². The molecule has 0 spiro atoms. The minimum absolute atomic E-state index is 0.0941. The molecule has 1 N–H and O–H groups in total. The second-order valence-corrected chi connectivity index (χ2v) is 6.19. The first kappa shape index (κ1) is 18.6. The number of alkyl halides is 3. The van der Waals surface area contributed by atoms with Crippen molar-refractivity contribution in [3.05, 3.63) is 53.5 Å². The minimum atomic E-state index is -4.51. The number of hydrogen-bond acceptors (Lipinski definition) is 5. The molecule has 1 amide bonds. The van der Waals surface area contributed by atoms with Crippen LogP contribution in [0.2, 0.25) is 0 Å². The van der Waals surface area contributed by atoms with Crippen molar-refractivity contribution >= 4 is 11.7 Å². The summed E-state index contributed by atoms with van der Waals surface area (Å²) in [5, 5.41) is 11.8. The number of nitrogens with zero attached hydrogens (tertiary/aromatic N) is 4. The summed E-state index contributed by atoms with van der Waals surface area (Å²) < 4.78 is 38.3. The van der Waals surface area contributed by atoms with Crippen LogP contribution in [-0.2, 0) is 6.18 Å². The Hall–Kier alpha value is -3.15. The molecule has 3 rings (SSSR count). The molecule has 0 aliphatic carbocycles. The van der Waals surface area contributed by atoms with Crippen molar-refractivity contribution in [1.82, 2.24) is 15.3 Å². The van der Waals surface area contributed by atoms with E-state index >= 15 is 0 Å². The van der Waals surface area contributed by atoms with Crippen LogP contribution in [0.4, 0.5) is 19.0 Å². The molecular weight excluding hydrogens is 359 g/mol. The maximum absolute atomic E-state index is 12.8. The molecule has 1 saturated heterocycles. The van der Waals surface area contributed by atoms with Crippen molar-refractivity contribution in [3.63, 3.8) is 0 Å². The zero-order valence-corrected chi connectivity index (χ0v) is 14.2. The van der Waals surface area contributed by atoms with E-state index in [9.17, 15) is 18.0 Å². The van der Waals surface area contributed by atoms with E-state index in [2.05, 4.69) is 15.3 Å². The first-order chi connectivity index (χ1) is 12.9. The molecule has 0 atom stereocenters. The zero-order chi connectivity index (χ0) is 19.4. The van der Waals surface area contributed by atoms with E-state index in [1.165, 1.54) is 6.07 Å². The number of hydrogen-bond donors (Lipinski definition) is 1. The highest BCUT2D eigenvalue weighted by molar-refractivity contribution is 5.94. The molecule has 140 valence electrons. The Morgan fingerprint density at radius 3 is 2.63 bits per heavy atom. The summed E-state index contributed by atoms with van der Waals surface area (Å²) in [6.07, 6.45) is -2.44. The molecule has 0 bridgehead atoms. The zero-order valence-electron chi connectivity index (χ0n) is 14.2. The third kappa shape index (κ3) is 4.53. The van der Waals surface area contributed by atoms with Gasteiger partial charge in [0.2, 0.25) is 0 Å². The van der Waals surface area contributed by atoms with Crippen LogP contribution in [-0.4, -0.2) is 35.0 Å². The van der Waals surface area contributed by atoms with Crippen molar-refractivity contribution < 1.29 is 18.0 Å². The van der Waals surface area contributed by atoms with Gasteiger partial charge in [-0.25, -0.2) is 9.97 Å². The highest BCUT2D eigenvalue weighted by atomic mass is 19.4. The van der Waals surface area contributed by atoms with Gasteiger partial charge in [-0.15, -0.1) is 0 Å². The molecule has 0 radical (unpaired) electrons. The number of piperidine rings is 1. The Morgan fingerprint density at radius 1 is 1.22 bits per heavy atom. The molecule has 0 saturated carbocycles. The molecule has 1 aromatic carbocycles. The summed E-state index contributed by atoms with van der Waals surface area (Å²) in [5.74, 6) is -0.0456. The smallest absolute Gasteiger partial charge is 0.356 e. The normalized spacial score (nSPS) is 15.3. The number of carbonyl (C=O) groups excluding carboxylic acids is 1. The summed E-state index contributed by atoms with van der Waals surface area (Å²) in [7, 11) is 0. The predicted molar refractivity (Wildman–Crippen MR) is 90.9 cm³/mol. The maximum Gasteiger partial charge on any atom is 0.433 e. The van der Waals surface area contributed by atoms with Gasteiger partial charge in [-0.1, -0.05) is 6.07 Å². The van der Waals surface area contributed by atoms with E-state index in [1.807, 2.05) is 6.07 Å². The lowest BCUT2D eigenvalue weighted by Gasteiger charge is -2.33. The number of halogens is 3. The number of rotatable bonds is 3. The molecular formula is C18H16F3N5O. The van der Waals surface area contributed by atoms with Crippen LogP contribution < -0.4 is 10.2 Å². The number of anilines is 1. The molecule has 27 heavy (non-hydrogen) atoms. The van der Waals surface area contributed by atoms with Gasteiger partial charge < -0.3 is 10.2 Å². The van der Waals surface area contributed by atoms with Crippen LogP contribution in [0.3, 0.4) is 0 Å². The van der Waals surface area contributed by atoms with Crippen LogP contribution >= 0.6 is 0 Å². The van der Waals surface area contributed by atoms with E-state index in [4.69, 9.17) is 5.26 Å². The molecule has 1 aliphatic heterocycles. The maximum atomic E-state index is 12.8. The van der Waals surface area contributed by atoms with E-state index < -0.39 is 11.9 Å². The molecule has 1 fully saturated rings. The van der Waals surface area contributed by atoms with Crippen LogP contribution in [0.15, 0.2) is 36.7 Å². The largest absolute Gasteiger partial charge is 0.433 e. The Morgan fingerprint density at radius 2 is 1.96 bits per heavy atom. The van der Waals surface area contributed by atoms with Gasteiger partial charge in [0.1, 0.15) is 17.8 Å². The molecule has 6 nitrogen and oxygen atoms in total. The van der Waals surface area contributed by atoms with Crippen LogP contribution in [0.5, 0.6) is 0 Å². The van der Waals surface area contributed by atoms with Crippen LogP contribution in [0.25, 0.3) is 0 Å². The van der Waals surface area contributed by atoms with Crippen molar-refractivity contribution in [1.29, 1.82) is 5.26 Å². The molecule has 9 heteroatoms. The van der Waals surface area contributed by atoms with Crippen molar-refractivity contribution in [2.45, 2.75) is 25.1 Å². The van der Waals surface area contributed by atoms with E-state index in [-0.39, 0.29) is 17.8 Å². The van der Waals surface area contributed by atoms with Gasteiger partial charge in [-0.3, -0.25) is 4.79 Å². The number of benzene rings is 1. The second kappa shape index (κ2) is 7.61. The van der Waals surface area contributed by atoms with Gasteiger partial charge in [-0.05, 0) is 31.0 Å². The molecule has 1 aromatic heterocycles. The fraction of sp³-hybridized carbons (Fsp3) is 0.333. The average Bonchev–Trinajstić information content (AvgIpc) is 2.68. The summed E-state index contributed by atoms with van der Waals surface area (Å²) >= 11 is 0. The fourth-order valence-electron chi connectivity index (χ4n) is 2.93. The van der Waals surface area contributed by atoms with Crippen LogP contribution in [0, 0.1) is 11.3 Å². The highest BCUT2D eigenvalue weighted by Crippen LogP contribution is 2.29. The molecule has 2 aromatic rings. The standard InChI is InChI=1S/C18H16F3N5O/c19-18(20,21)15-9-16(24-11-23-15)26-6-4-14(5-7-26)25-17(27)13-3-1-2-12(8-13)10-22/h1-3,8-9,11,14H,4-7H2,(H,25,27). The summed E-state index contributed by atoms with van der Waals surface area (Å²) in [6.45, 7) is 0.939. The quantitative estimate of drug-likeness (QED) is 0.892. The Balaban J connectivity index is 1.59. The van der Waals surface area contributed by atoms with Gasteiger partial charge in [0.15, 0.2) is 0 Å². The number of amides is 1. The summed E-state index contributed by atoms with van der Waals surface area (Å²) in [4.78, 5) is 21.2. The fourth-order valence-corrected chi connectivity index (χ4v) is 2.93. The third-order valence-electron chi connectivity index (χ3n) is 4.35. The van der Waals surface area contributed by atoms with Gasteiger partial charge >= 0.3 is 6.18 Å². The first-order valence-corrected chi connectivity index (χ1v) is 8.32.